The summed E-state index contributed by atoms with van der Waals surface area (Å²) >= 11 is 0. The molecule has 2 aromatic heterocycles. The number of hydrogen-bond donors (Lipinski definition) is 2. The molecule has 23 heavy (non-hydrogen) atoms. The average Bonchev–Trinajstić information content (AvgIpc) is 2.96. The smallest absolute Gasteiger partial charge is 0.202 e. The van der Waals surface area contributed by atoms with Gasteiger partial charge in [0, 0.05) is 48.3 Å². The molecule has 2 N–H and O–H groups in total. The molecule has 3 heteroatoms. The third-order valence-electron chi connectivity index (χ3n) is 4.95. The topological polar surface area (TPSA) is 31.7 Å². The van der Waals surface area contributed by atoms with E-state index in [-0.39, 0.29) is 0 Å². The molecule has 0 aliphatic heterocycles. The first-order chi connectivity index (χ1) is 11.2. The molecule has 0 atom stereocenters. The zero-order valence-electron chi connectivity index (χ0n) is 14.5. The van der Waals surface area contributed by atoms with Gasteiger partial charge in [-0.3, -0.25) is 0 Å². The molecule has 3 aromatic rings. The summed E-state index contributed by atoms with van der Waals surface area (Å²) in [4.78, 5) is 3.58. The van der Waals surface area contributed by atoms with Crippen LogP contribution >= 0.6 is 0 Å². The fourth-order valence-electron chi connectivity index (χ4n) is 3.42. The van der Waals surface area contributed by atoms with Crippen LogP contribution in [0.2, 0.25) is 0 Å². The van der Waals surface area contributed by atoms with E-state index in [4.69, 9.17) is 0 Å². The number of pyridine rings is 1. The van der Waals surface area contributed by atoms with Gasteiger partial charge in [0.15, 0.2) is 6.20 Å². The number of nitrogens with zero attached hydrogens (tertiary/aromatic N) is 1. The Morgan fingerprint density at radius 3 is 2.65 bits per heavy atom. The normalized spacial score (nSPS) is 11.8. The molecule has 3 nitrogen and oxygen atoms in total. The molecule has 2 heterocycles. The first kappa shape index (κ1) is 16.0. The maximum atomic E-state index is 3.65. The van der Waals surface area contributed by atoms with Gasteiger partial charge in [-0.15, -0.1) is 0 Å². The number of aryl methyl sites for hydroxylation is 2. The van der Waals surface area contributed by atoms with Crippen molar-refractivity contribution in [1.82, 2.24) is 10.3 Å². The van der Waals surface area contributed by atoms with E-state index in [1.54, 1.807) is 0 Å². The van der Waals surface area contributed by atoms with Gasteiger partial charge in [-0.1, -0.05) is 32.0 Å². The van der Waals surface area contributed by atoms with Crippen LogP contribution in [0.1, 0.15) is 38.8 Å². The third kappa shape index (κ3) is 3.25. The molecular formula is C20H28N3+. The molecule has 3 rings (SSSR count). The van der Waals surface area contributed by atoms with Crippen LogP contribution in [0.25, 0.3) is 21.8 Å². The molecule has 0 aliphatic rings. The first-order valence-electron chi connectivity index (χ1n) is 8.87. The predicted octanol–water partition coefficient (Wildman–Crippen LogP) is 4.09. The lowest BCUT2D eigenvalue weighted by Crippen LogP contribution is -2.39. The van der Waals surface area contributed by atoms with Gasteiger partial charge in [0.1, 0.15) is 12.1 Å². The van der Waals surface area contributed by atoms with Crippen molar-refractivity contribution in [3.05, 3.63) is 42.2 Å². The van der Waals surface area contributed by atoms with Crippen molar-refractivity contribution in [1.29, 1.82) is 0 Å². The summed E-state index contributed by atoms with van der Waals surface area (Å²) in [6, 6.07) is 11.4. The van der Waals surface area contributed by atoms with Crippen LogP contribution in [0.4, 0.5) is 0 Å². The van der Waals surface area contributed by atoms with Crippen LogP contribution in [0.3, 0.4) is 0 Å². The highest BCUT2D eigenvalue weighted by atomic mass is 15.0. The number of hydrogen-bond acceptors (Lipinski definition) is 1. The van der Waals surface area contributed by atoms with Gasteiger partial charge in [-0.05, 0) is 18.9 Å². The van der Waals surface area contributed by atoms with Crippen LogP contribution in [0, 0.1) is 6.92 Å². The lowest BCUT2D eigenvalue weighted by atomic mass is 10.1. The maximum absolute atomic E-state index is 3.65. The Morgan fingerprint density at radius 2 is 1.87 bits per heavy atom. The van der Waals surface area contributed by atoms with Crippen molar-refractivity contribution in [2.75, 3.05) is 6.54 Å². The molecule has 0 amide bonds. The van der Waals surface area contributed by atoms with Gasteiger partial charge in [-0.2, -0.15) is 0 Å². The van der Waals surface area contributed by atoms with E-state index >= 15 is 0 Å². The van der Waals surface area contributed by atoms with Gasteiger partial charge in [0.05, 0.1) is 0 Å². The van der Waals surface area contributed by atoms with Crippen LogP contribution in [-0.4, -0.2) is 17.6 Å². The number of nitrogens with one attached hydrogen (secondary N) is 2. The summed E-state index contributed by atoms with van der Waals surface area (Å²) in [6.45, 7) is 8.87. The Bertz CT molecular complexity index is 784. The summed E-state index contributed by atoms with van der Waals surface area (Å²) in [5.41, 5.74) is 3.81. The van der Waals surface area contributed by atoms with E-state index in [1.165, 1.54) is 40.3 Å². The number of rotatable bonds is 7. The van der Waals surface area contributed by atoms with Gasteiger partial charge in [-0.25, -0.2) is 4.57 Å². The van der Waals surface area contributed by atoms with Crippen LogP contribution in [0.15, 0.2) is 36.5 Å². The summed E-state index contributed by atoms with van der Waals surface area (Å²) in [7, 11) is 0. The second-order valence-electron chi connectivity index (χ2n) is 6.37. The third-order valence-corrected chi connectivity index (χ3v) is 4.95. The number of para-hydroxylation sites is 1. The molecule has 0 radical (unpaired) electrons. The first-order valence-corrected chi connectivity index (χ1v) is 8.87. The predicted molar refractivity (Wildman–Crippen MR) is 97.7 cm³/mol. The van der Waals surface area contributed by atoms with Crippen molar-refractivity contribution in [2.45, 2.75) is 52.6 Å². The zero-order valence-corrected chi connectivity index (χ0v) is 14.5. The molecule has 1 aromatic carbocycles. The highest BCUT2D eigenvalue weighted by Crippen LogP contribution is 2.25. The van der Waals surface area contributed by atoms with Crippen LogP contribution in [-0.2, 0) is 6.54 Å². The average molecular weight is 310 g/mol. The van der Waals surface area contributed by atoms with Crippen molar-refractivity contribution in [3.63, 3.8) is 0 Å². The van der Waals surface area contributed by atoms with Crippen molar-refractivity contribution in [3.8, 4) is 0 Å². The molecule has 0 spiro atoms. The quantitative estimate of drug-likeness (QED) is 0.500. The number of aromatic amines is 1. The minimum absolute atomic E-state index is 0.664. The number of aromatic nitrogens is 2. The van der Waals surface area contributed by atoms with E-state index in [0.717, 1.165) is 19.5 Å². The summed E-state index contributed by atoms with van der Waals surface area (Å²) in [5, 5.41) is 6.28. The van der Waals surface area contributed by atoms with Gasteiger partial charge >= 0.3 is 0 Å². The molecule has 0 fully saturated rings. The maximum Gasteiger partial charge on any atom is 0.202 e. The summed E-state index contributed by atoms with van der Waals surface area (Å²) in [6.07, 6.45) is 5.82. The molecular weight excluding hydrogens is 282 g/mol. The van der Waals surface area contributed by atoms with Gasteiger partial charge < -0.3 is 10.3 Å². The molecule has 0 saturated carbocycles. The molecule has 0 aliphatic carbocycles. The summed E-state index contributed by atoms with van der Waals surface area (Å²) in [5.74, 6) is 0. The SMILES string of the molecule is CCC(CC)NCCC[n+]1ccc2c([nH]c3ccccc32)c1C. The molecule has 0 bridgehead atoms. The van der Waals surface area contributed by atoms with Gasteiger partial charge in [0.2, 0.25) is 5.69 Å². The van der Waals surface area contributed by atoms with E-state index in [2.05, 4.69) is 72.2 Å². The van der Waals surface area contributed by atoms with Crippen LogP contribution < -0.4 is 9.88 Å². The highest BCUT2D eigenvalue weighted by Gasteiger charge is 2.14. The number of benzene rings is 1. The second kappa shape index (κ2) is 7.14. The van der Waals surface area contributed by atoms with Crippen molar-refractivity contribution < 1.29 is 4.57 Å². The Hall–Kier alpha value is -1.87. The Morgan fingerprint density at radius 1 is 1.09 bits per heavy atom. The fraction of sp³-hybridized carbons (Fsp3) is 0.450. The van der Waals surface area contributed by atoms with Crippen molar-refractivity contribution >= 4 is 21.8 Å². The van der Waals surface area contributed by atoms with E-state index < -0.39 is 0 Å². The fourth-order valence-corrected chi connectivity index (χ4v) is 3.42. The Kier molecular flexibility index (Phi) is 4.97. The lowest BCUT2D eigenvalue weighted by Gasteiger charge is -2.13. The van der Waals surface area contributed by atoms with Crippen LogP contribution in [0.5, 0.6) is 0 Å². The zero-order chi connectivity index (χ0) is 16.2. The van der Waals surface area contributed by atoms with E-state index in [9.17, 15) is 0 Å². The Labute approximate surface area is 138 Å². The molecule has 0 saturated heterocycles. The van der Waals surface area contributed by atoms with E-state index in [1.807, 2.05) is 0 Å². The minimum atomic E-state index is 0.664. The minimum Gasteiger partial charge on any atom is -0.349 e. The Balaban J connectivity index is 1.74. The standard InChI is InChI=1S/C20H27N3/c1-4-16(5-2)21-12-8-13-23-14-11-18-17-9-6-7-10-19(17)22-20(18)15(23)3/h6-7,9-11,14,16,21H,4-5,8,12-13H2,1-3H3/p+1. The monoisotopic (exact) mass is 310 g/mol. The number of H-pyrrole nitrogens is 1. The number of fused-ring (bicyclic) bond motifs is 3. The molecule has 0 unspecified atom stereocenters. The molecule has 122 valence electrons. The van der Waals surface area contributed by atoms with E-state index in [0.29, 0.717) is 6.04 Å². The van der Waals surface area contributed by atoms with Gasteiger partial charge in [0.25, 0.3) is 0 Å². The lowest BCUT2D eigenvalue weighted by molar-refractivity contribution is -0.701. The summed E-state index contributed by atoms with van der Waals surface area (Å²) < 4.78 is 2.37. The van der Waals surface area contributed by atoms with Crippen molar-refractivity contribution in [2.24, 2.45) is 0 Å². The second-order valence-corrected chi connectivity index (χ2v) is 6.37. The largest absolute Gasteiger partial charge is 0.349 e. The highest BCUT2D eigenvalue weighted by molar-refractivity contribution is 6.07.